The zero-order valence-corrected chi connectivity index (χ0v) is 13.8. The highest BCUT2D eigenvalue weighted by Crippen LogP contribution is 2.32. The number of hydrogen-bond donors (Lipinski definition) is 2. The summed E-state index contributed by atoms with van der Waals surface area (Å²) >= 11 is 0. The molecule has 0 saturated heterocycles. The number of carbonyl (C=O) groups excluding carboxylic acids is 1. The molecule has 0 aromatic carbocycles. The summed E-state index contributed by atoms with van der Waals surface area (Å²) in [4.78, 5) is 20.0. The van der Waals surface area contributed by atoms with E-state index >= 15 is 0 Å². The molecule has 0 radical (unpaired) electrons. The Morgan fingerprint density at radius 2 is 2.08 bits per heavy atom. The molecule has 2 aromatic rings. The van der Waals surface area contributed by atoms with Crippen molar-refractivity contribution in [3.63, 3.8) is 0 Å². The van der Waals surface area contributed by atoms with E-state index in [1.54, 1.807) is 19.4 Å². The van der Waals surface area contributed by atoms with Crippen molar-refractivity contribution in [1.82, 2.24) is 9.97 Å². The van der Waals surface area contributed by atoms with Crippen LogP contribution in [0.4, 0.5) is 0 Å². The number of ether oxygens (including phenoxy) is 1. The molecule has 6 nitrogen and oxygen atoms in total. The first-order chi connectivity index (χ1) is 11.6. The summed E-state index contributed by atoms with van der Waals surface area (Å²) in [6, 6.07) is 5.54. The Labute approximate surface area is 141 Å². The summed E-state index contributed by atoms with van der Waals surface area (Å²) in [5.74, 6) is 0.461. The maximum atomic E-state index is 11.3. The van der Waals surface area contributed by atoms with Crippen LogP contribution in [0.3, 0.4) is 0 Å². The summed E-state index contributed by atoms with van der Waals surface area (Å²) < 4.78 is 5.19. The van der Waals surface area contributed by atoms with E-state index in [4.69, 9.17) is 10.5 Å². The average Bonchev–Trinajstić information content (AvgIpc) is 2.61. The molecule has 3 N–H and O–H groups in total. The molecule has 0 spiro atoms. The Balaban J connectivity index is 1.74. The van der Waals surface area contributed by atoms with Crippen LogP contribution >= 0.6 is 0 Å². The zero-order valence-electron chi connectivity index (χ0n) is 13.8. The molecule has 24 heavy (non-hydrogen) atoms. The maximum Gasteiger partial charge on any atom is 0.220 e. The van der Waals surface area contributed by atoms with Crippen molar-refractivity contribution >= 4 is 16.9 Å². The predicted octanol–water partition coefficient (Wildman–Crippen LogP) is 1.83. The lowest BCUT2D eigenvalue weighted by molar-refractivity contribution is -0.123. The van der Waals surface area contributed by atoms with Crippen LogP contribution < -0.4 is 10.5 Å². The molecule has 0 bridgehead atoms. The number of hydrogen-bond acceptors (Lipinski definition) is 5. The third-order valence-electron chi connectivity index (χ3n) is 5.00. The molecule has 3 rings (SSSR count). The topological polar surface area (TPSA) is 98.3 Å². The Bertz CT molecular complexity index is 727. The van der Waals surface area contributed by atoms with Crippen molar-refractivity contribution in [2.75, 3.05) is 7.11 Å². The van der Waals surface area contributed by atoms with Crippen molar-refractivity contribution in [3.05, 3.63) is 30.0 Å². The van der Waals surface area contributed by atoms with Crippen molar-refractivity contribution in [3.8, 4) is 5.88 Å². The van der Waals surface area contributed by atoms with Gasteiger partial charge in [0.25, 0.3) is 0 Å². The number of methoxy groups -OCH3 is 1. The van der Waals surface area contributed by atoms with Gasteiger partial charge in [-0.1, -0.05) is 0 Å². The molecule has 2 heterocycles. The van der Waals surface area contributed by atoms with Crippen molar-refractivity contribution < 1.29 is 14.6 Å². The number of pyridine rings is 2. The van der Waals surface area contributed by atoms with Gasteiger partial charge in [-0.15, -0.1) is 0 Å². The third kappa shape index (κ3) is 3.48. The molecule has 0 unspecified atom stereocenters. The molecule has 1 fully saturated rings. The van der Waals surface area contributed by atoms with Gasteiger partial charge in [-0.25, -0.2) is 4.98 Å². The Morgan fingerprint density at radius 3 is 2.75 bits per heavy atom. The van der Waals surface area contributed by atoms with Gasteiger partial charge in [0.15, 0.2) is 0 Å². The molecule has 1 aliphatic carbocycles. The fraction of sp³-hybridized carbons (Fsp3) is 0.500. The minimum absolute atomic E-state index is 0.0406. The number of aliphatic hydroxyl groups is 1. The first kappa shape index (κ1) is 16.6. The minimum Gasteiger partial charge on any atom is -0.481 e. The van der Waals surface area contributed by atoms with Gasteiger partial charge in [0, 0.05) is 24.6 Å². The summed E-state index contributed by atoms with van der Waals surface area (Å²) in [7, 11) is 1.58. The Morgan fingerprint density at radius 1 is 1.33 bits per heavy atom. The van der Waals surface area contributed by atoms with E-state index in [1.165, 1.54) is 0 Å². The lowest BCUT2D eigenvalue weighted by Gasteiger charge is -2.30. The molecule has 1 atom stereocenters. The minimum atomic E-state index is -0.461. The smallest absolute Gasteiger partial charge is 0.220 e. The summed E-state index contributed by atoms with van der Waals surface area (Å²) in [5.41, 5.74) is 7.89. The fourth-order valence-electron chi connectivity index (χ4n) is 3.52. The van der Waals surface area contributed by atoms with Crippen LogP contribution in [0.15, 0.2) is 24.4 Å². The summed E-state index contributed by atoms with van der Waals surface area (Å²) in [6.45, 7) is 0. The van der Waals surface area contributed by atoms with E-state index in [1.807, 2.05) is 12.1 Å². The van der Waals surface area contributed by atoms with Crippen LogP contribution in [0.1, 0.15) is 31.2 Å². The molecular weight excluding hydrogens is 306 g/mol. The van der Waals surface area contributed by atoms with E-state index in [0.717, 1.165) is 42.3 Å². The molecule has 6 heteroatoms. The van der Waals surface area contributed by atoms with E-state index < -0.39 is 6.10 Å². The van der Waals surface area contributed by atoms with E-state index in [9.17, 15) is 9.90 Å². The summed E-state index contributed by atoms with van der Waals surface area (Å²) in [6.07, 6.45) is 4.98. The van der Waals surface area contributed by atoms with Crippen LogP contribution in [-0.2, 0) is 11.2 Å². The van der Waals surface area contributed by atoms with E-state index in [2.05, 4.69) is 9.97 Å². The van der Waals surface area contributed by atoms with Crippen LogP contribution in [0.5, 0.6) is 5.88 Å². The van der Waals surface area contributed by atoms with E-state index in [-0.39, 0.29) is 17.7 Å². The number of rotatable bonds is 5. The van der Waals surface area contributed by atoms with Crippen LogP contribution in [-0.4, -0.2) is 34.2 Å². The van der Waals surface area contributed by atoms with Gasteiger partial charge in [-0.3, -0.25) is 9.78 Å². The van der Waals surface area contributed by atoms with Gasteiger partial charge < -0.3 is 15.6 Å². The fourth-order valence-corrected chi connectivity index (χ4v) is 3.52. The van der Waals surface area contributed by atoms with Crippen molar-refractivity contribution in [2.45, 2.75) is 38.2 Å². The number of carbonyl (C=O) groups is 1. The van der Waals surface area contributed by atoms with Gasteiger partial charge in [-0.2, -0.15) is 0 Å². The largest absolute Gasteiger partial charge is 0.481 e. The van der Waals surface area contributed by atoms with Crippen molar-refractivity contribution in [1.29, 1.82) is 0 Å². The number of primary amides is 1. The zero-order chi connectivity index (χ0) is 17.1. The maximum absolute atomic E-state index is 11.3. The number of nitrogens with zero attached hydrogens (tertiary/aromatic N) is 2. The van der Waals surface area contributed by atoms with Gasteiger partial charge >= 0.3 is 0 Å². The van der Waals surface area contributed by atoms with Gasteiger partial charge in [0.2, 0.25) is 11.8 Å². The second-order valence-corrected chi connectivity index (χ2v) is 6.48. The Kier molecular flexibility index (Phi) is 4.94. The lowest BCUT2D eigenvalue weighted by Crippen LogP contribution is -2.32. The quantitative estimate of drug-likeness (QED) is 0.872. The number of amides is 1. The summed E-state index contributed by atoms with van der Waals surface area (Å²) in [5, 5.41) is 10.6. The van der Waals surface area contributed by atoms with E-state index in [0.29, 0.717) is 12.3 Å². The first-order valence-corrected chi connectivity index (χ1v) is 8.34. The van der Waals surface area contributed by atoms with Crippen molar-refractivity contribution in [2.24, 2.45) is 17.6 Å². The second-order valence-electron chi connectivity index (χ2n) is 6.48. The van der Waals surface area contributed by atoms with Gasteiger partial charge in [-0.05, 0) is 49.3 Å². The van der Waals surface area contributed by atoms with Crippen LogP contribution in [0.2, 0.25) is 0 Å². The molecule has 128 valence electrons. The number of nitrogens with two attached hydrogens (primary N) is 1. The number of aromatic nitrogens is 2. The first-order valence-electron chi connectivity index (χ1n) is 8.34. The SMILES string of the molecule is COc1ccc2nccc(C[C@H](O)[C@H]3CC[C@H](C(N)=O)CC3)c2n1. The Hall–Kier alpha value is -2.21. The molecule has 1 aliphatic rings. The van der Waals surface area contributed by atoms with Crippen LogP contribution in [0, 0.1) is 11.8 Å². The lowest BCUT2D eigenvalue weighted by atomic mass is 9.78. The molecule has 0 aliphatic heterocycles. The number of aliphatic hydroxyl groups excluding tert-OH is 1. The average molecular weight is 329 g/mol. The van der Waals surface area contributed by atoms with Crippen LogP contribution in [0.25, 0.3) is 11.0 Å². The number of fused-ring (bicyclic) bond motifs is 1. The highest BCUT2D eigenvalue weighted by atomic mass is 16.5. The molecule has 2 aromatic heterocycles. The molecule has 1 saturated carbocycles. The highest BCUT2D eigenvalue weighted by Gasteiger charge is 2.29. The van der Waals surface area contributed by atoms with Gasteiger partial charge in [0.1, 0.15) is 0 Å². The monoisotopic (exact) mass is 329 g/mol. The highest BCUT2D eigenvalue weighted by molar-refractivity contribution is 5.78. The normalized spacial score (nSPS) is 22.2. The van der Waals surface area contributed by atoms with Gasteiger partial charge in [0.05, 0.1) is 24.2 Å². The molecular formula is C18H23N3O3. The third-order valence-corrected chi connectivity index (χ3v) is 5.00. The predicted molar refractivity (Wildman–Crippen MR) is 90.4 cm³/mol. The standard InChI is InChI=1S/C18H23N3O3/c1-24-16-7-6-14-17(21-16)13(8-9-20-14)10-15(22)11-2-4-12(5-3-11)18(19)23/h6-9,11-12,15,22H,2-5,10H2,1H3,(H2,19,23)/t11-,12-,15-/m0/s1. The second kappa shape index (κ2) is 7.13. The molecule has 1 amide bonds.